The van der Waals surface area contributed by atoms with Gasteiger partial charge in [0.15, 0.2) is 0 Å². The molecule has 0 spiro atoms. The summed E-state index contributed by atoms with van der Waals surface area (Å²) in [6, 6.07) is 17.2. The predicted molar refractivity (Wildman–Crippen MR) is 116 cm³/mol. The van der Waals surface area contributed by atoms with Crippen molar-refractivity contribution in [3.63, 3.8) is 0 Å². The summed E-state index contributed by atoms with van der Waals surface area (Å²) in [5.74, 6) is -0.305. The van der Waals surface area contributed by atoms with Crippen molar-refractivity contribution in [2.24, 2.45) is 0 Å². The number of imidazole rings is 1. The molecule has 0 aliphatic rings. The fraction of sp³-hybridized carbons (Fsp3) is 0.130. The van der Waals surface area contributed by atoms with E-state index in [1.807, 2.05) is 59.5 Å². The van der Waals surface area contributed by atoms with E-state index in [1.165, 1.54) is 12.1 Å². The van der Waals surface area contributed by atoms with Gasteiger partial charge in [0.25, 0.3) is 0 Å². The highest BCUT2D eigenvalue weighted by molar-refractivity contribution is 7.10. The summed E-state index contributed by atoms with van der Waals surface area (Å²) in [6.45, 7) is 1.93. The Kier molecular flexibility index (Phi) is 5.90. The Bertz CT molecular complexity index is 1080. The minimum absolute atomic E-state index is 0.181. The molecule has 0 saturated heterocycles. The predicted octanol–water partition coefficient (Wildman–Crippen LogP) is 5.22. The molecule has 0 aliphatic heterocycles. The van der Waals surface area contributed by atoms with Crippen LogP contribution in [-0.2, 0) is 0 Å². The second-order valence-corrected chi connectivity index (χ2v) is 7.88. The molecule has 30 heavy (non-hydrogen) atoms. The molecular formula is C23H21FN4OS. The van der Waals surface area contributed by atoms with Crippen LogP contribution < -0.4 is 10.6 Å². The van der Waals surface area contributed by atoms with Crippen LogP contribution in [0.3, 0.4) is 0 Å². The Labute approximate surface area is 178 Å². The van der Waals surface area contributed by atoms with Crippen molar-refractivity contribution < 1.29 is 9.18 Å². The number of nitrogens with one attached hydrogen (secondary N) is 2. The topological polar surface area (TPSA) is 59.0 Å². The Morgan fingerprint density at radius 2 is 1.77 bits per heavy atom. The molecule has 2 heterocycles. The second kappa shape index (κ2) is 8.92. The van der Waals surface area contributed by atoms with E-state index in [-0.39, 0.29) is 23.9 Å². The molecule has 152 valence electrons. The molecule has 5 nitrogen and oxygen atoms in total. The largest absolute Gasteiger partial charge is 0.332 e. The lowest BCUT2D eigenvalue weighted by Crippen LogP contribution is -2.39. The van der Waals surface area contributed by atoms with Crippen molar-refractivity contribution in [2.45, 2.75) is 19.0 Å². The van der Waals surface area contributed by atoms with Crippen molar-refractivity contribution >= 4 is 17.4 Å². The molecule has 2 atom stereocenters. The molecule has 4 aromatic rings. The number of urea groups is 1. The van der Waals surface area contributed by atoms with Gasteiger partial charge >= 0.3 is 6.03 Å². The lowest BCUT2D eigenvalue weighted by molar-refractivity contribution is 0.236. The number of carbonyl (C=O) groups excluding carboxylic acids is 1. The van der Waals surface area contributed by atoms with Gasteiger partial charge in [-0.2, -0.15) is 0 Å². The third-order valence-corrected chi connectivity index (χ3v) is 5.79. The summed E-state index contributed by atoms with van der Waals surface area (Å²) in [5, 5.41) is 7.95. The van der Waals surface area contributed by atoms with Crippen molar-refractivity contribution in [3.05, 3.63) is 107 Å². The van der Waals surface area contributed by atoms with Gasteiger partial charge in [0, 0.05) is 23.0 Å². The van der Waals surface area contributed by atoms with Crippen LogP contribution in [-0.4, -0.2) is 15.6 Å². The first kappa shape index (κ1) is 19.8. The number of halogens is 1. The monoisotopic (exact) mass is 420 g/mol. The first-order valence-corrected chi connectivity index (χ1v) is 10.4. The molecule has 0 saturated carbocycles. The van der Waals surface area contributed by atoms with Gasteiger partial charge in [-0.25, -0.2) is 14.2 Å². The van der Waals surface area contributed by atoms with Crippen LogP contribution in [0.4, 0.5) is 9.18 Å². The molecule has 4 rings (SSSR count). The van der Waals surface area contributed by atoms with E-state index in [1.54, 1.807) is 36.0 Å². The highest BCUT2D eigenvalue weighted by atomic mass is 32.1. The van der Waals surface area contributed by atoms with E-state index < -0.39 is 0 Å². The summed E-state index contributed by atoms with van der Waals surface area (Å²) in [6.07, 6.45) is 5.35. The molecule has 0 fully saturated rings. The highest BCUT2D eigenvalue weighted by Gasteiger charge is 2.19. The number of hydrogen-bond acceptors (Lipinski definition) is 3. The molecule has 7 heteroatoms. The van der Waals surface area contributed by atoms with E-state index >= 15 is 0 Å². The van der Waals surface area contributed by atoms with Gasteiger partial charge in [-0.15, -0.1) is 11.3 Å². The van der Waals surface area contributed by atoms with E-state index in [2.05, 4.69) is 15.6 Å². The van der Waals surface area contributed by atoms with E-state index in [9.17, 15) is 9.18 Å². The number of rotatable bonds is 6. The zero-order valence-corrected chi connectivity index (χ0v) is 17.1. The van der Waals surface area contributed by atoms with Crippen molar-refractivity contribution in [2.75, 3.05) is 0 Å². The Morgan fingerprint density at radius 3 is 2.40 bits per heavy atom. The van der Waals surface area contributed by atoms with Crippen molar-refractivity contribution in [1.82, 2.24) is 20.2 Å². The first-order chi connectivity index (χ1) is 14.6. The van der Waals surface area contributed by atoms with Crippen LogP contribution in [0.25, 0.3) is 5.69 Å². The van der Waals surface area contributed by atoms with Crippen LogP contribution in [0, 0.1) is 5.82 Å². The van der Waals surface area contributed by atoms with Crippen LogP contribution in [0.1, 0.15) is 35.0 Å². The van der Waals surface area contributed by atoms with Crippen molar-refractivity contribution in [3.8, 4) is 5.69 Å². The third-order valence-electron chi connectivity index (χ3n) is 4.85. The van der Waals surface area contributed by atoms with Gasteiger partial charge in [0.05, 0.1) is 18.4 Å². The summed E-state index contributed by atoms with van der Waals surface area (Å²) in [7, 11) is 0. The maximum atomic E-state index is 13.3. The Hall–Kier alpha value is -3.45. The number of amides is 2. The summed E-state index contributed by atoms with van der Waals surface area (Å²) in [5.41, 5.74) is 2.82. The number of aromatic nitrogens is 2. The molecule has 0 bridgehead atoms. The molecule has 2 aromatic heterocycles. The fourth-order valence-electron chi connectivity index (χ4n) is 3.23. The number of nitrogens with zero attached hydrogens (tertiary/aromatic N) is 2. The molecule has 2 aromatic carbocycles. The number of carbonyl (C=O) groups is 1. The average Bonchev–Trinajstić information content (AvgIpc) is 3.47. The summed E-state index contributed by atoms with van der Waals surface area (Å²) < 4.78 is 15.3. The maximum absolute atomic E-state index is 13.3. The lowest BCUT2D eigenvalue weighted by atomic mass is 10.1. The Morgan fingerprint density at radius 1 is 1.03 bits per heavy atom. The van der Waals surface area contributed by atoms with E-state index in [4.69, 9.17) is 0 Å². The van der Waals surface area contributed by atoms with Gasteiger partial charge in [0.1, 0.15) is 5.82 Å². The maximum Gasteiger partial charge on any atom is 0.316 e. The van der Waals surface area contributed by atoms with Crippen molar-refractivity contribution in [1.29, 1.82) is 0 Å². The quantitative estimate of drug-likeness (QED) is 0.449. The third kappa shape index (κ3) is 4.58. The van der Waals surface area contributed by atoms with Gasteiger partial charge in [-0.05, 0) is 53.8 Å². The van der Waals surface area contributed by atoms with Crippen LogP contribution >= 0.6 is 11.3 Å². The second-order valence-electron chi connectivity index (χ2n) is 6.90. The summed E-state index contributed by atoms with van der Waals surface area (Å²) >= 11 is 1.54. The fourth-order valence-corrected chi connectivity index (χ4v) is 4.03. The first-order valence-electron chi connectivity index (χ1n) is 9.54. The number of thiophene rings is 1. The van der Waals surface area contributed by atoms with Crippen LogP contribution in [0.15, 0.2) is 84.8 Å². The minimum Gasteiger partial charge on any atom is -0.332 e. The molecule has 0 aliphatic carbocycles. The normalized spacial score (nSPS) is 12.9. The van der Waals surface area contributed by atoms with Crippen LogP contribution in [0.2, 0.25) is 0 Å². The number of hydrogen-bond donors (Lipinski definition) is 2. The molecular weight excluding hydrogens is 399 g/mol. The van der Waals surface area contributed by atoms with E-state index in [0.717, 1.165) is 21.7 Å². The zero-order valence-electron chi connectivity index (χ0n) is 16.3. The SMILES string of the molecule is C[C@H](NC(=O)N[C@@H](c1ccc(F)cc1)c1cccs1)c1ccc(-n2ccnc2)cc1. The zero-order chi connectivity index (χ0) is 20.9. The molecule has 0 unspecified atom stereocenters. The summed E-state index contributed by atoms with van der Waals surface area (Å²) in [4.78, 5) is 17.8. The Balaban J connectivity index is 1.44. The van der Waals surface area contributed by atoms with E-state index in [0.29, 0.717) is 0 Å². The van der Waals surface area contributed by atoms with Gasteiger partial charge in [-0.1, -0.05) is 30.3 Å². The molecule has 0 radical (unpaired) electrons. The van der Waals surface area contributed by atoms with Crippen LogP contribution in [0.5, 0.6) is 0 Å². The van der Waals surface area contributed by atoms with Gasteiger partial charge in [0.2, 0.25) is 0 Å². The standard InChI is InChI=1S/C23H21FN4OS/c1-16(17-6-10-20(11-7-17)28-13-12-25-15-28)26-23(29)27-22(21-3-2-14-30-21)18-4-8-19(24)9-5-18/h2-16,22H,1H3,(H2,26,27,29)/t16-,22-/m0/s1. The number of benzene rings is 2. The smallest absolute Gasteiger partial charge is 0.316 e. The molecule has 2 N–H and O–H groups in total. The highest BCUT2D eigenvalue weighted by Crippen LogP contribution is 2.26. The van der Waals surface area contributed by atoms with Gasteiger partial charge < -0.3 is 15.2 Å². The minimum atomic E-state index is -0.346. The molecule has 2 amide bonds. The average molecular weight is 421 g/mol. The lowest BCUT2D eigenvalue weighted by Gasteiger charge is -2.21. The van der Waals surface area contributed by atoms with Gasteiger partial charge in [-0.3, -0.25) is 0 Å².